The van der Waals surface area contributed by atoms with Crippen LogP contribution >= 0.6 is 0 Å². The lowest BCUT2D eigenvalue weighted by Gasteiger charge is -2.24. The number of fused-ring (bicyclic) bond motifs is 5. The molecule has 3 aliphatic heterocycles. The van der Waals surface area contributed by atoms with Crippen molar-refractivity contribution in [1.29, 1.82) is 0 Å². The van der Waals surface area contributed by atoms with Crippen LogP contribution in [-0.2, 0) is 42.9 Å². The molecule has 10 nitrogen and oxygen atoms in total. The number of esters is 2. The van der Waals surface area contributed by atoms with Gasteiger partial charge in [-0.15, -0.1) is 0 Å². The minimum atomic E-state index is -0.730. The van der Waals surface area contributed by atoms with Crippen LogP contribution in [0.4, 0.5) is 0 Å². The molecule has 2 amide bonds. The quantitative estimate of drug-likeness (QED) is 0.186. The molecule has 0 aliphatic carbocycles. The zero-order chi connectivity index (χ0) is 22.6. The van der Waals surface area contributed by atoms with Crippen molar-refractivity contribution in [3.05, 3.63) is 12.2 Å². The summed E-state index contributed by atoms with van der Waals surface area (Å²) >= 11 is 0. The number of rotatable bonds is 12. The molecule has 3 aliphatic rings. The summed E-state index contributed by atoms with van der Waals surface area (Å²) in [5, 5.41) is 0. The second-order valence-corrected chi connectivity index (χ2v) is 7.85. The summed E-state index contributed by atoms with van der Waals surface area (Å²) in [6.07, 6.45) is 3.03. The van der Waals surface area contributed by atoms with Crippen molar-refractivity contribution >= 4 is 23.8 Å². The van der Waals surface area contributed by atoms with Crippen molar-refractivity contribution in [1.82, 2.24) is 4.90 Å². The zero-order valence-corrected chi connectivity index (χ0v) is 18.0. The topological polar surface area (TPSA) is 118 Å². The van der Waals surface area contributed by atoms with Gasteiger partial charge in [0, 0.05) is 12.8 Å². The molecule has 0 aromatic carbocycles. The van der Waals surface area contributed by atoms with E-state index in [-0.39, 0.29) is 63.9 Å². The van der Waals surface area contributed by atoms with E-state index in [1.54, 1.807) is 13.8 Å². The highest BCUT2D eigenvalue weighted by Crippen LogP contribution is 2.51. The van der Waals surface area contributed by atoms with E-state index in [9.17, 15) is 19.2 Å². The molecule has 172 valence electrons. The Morgan fingerprint density at radius 1 is 1.10 bits per heavy atom. The zero-order valence-electron chi connectivity index (χ0n) is 18.0. The standard InChI is InChI=1S/C21H29NO9/c1-4-15(23)29-11-13(30-16(24)5-2)10-27-8-9-28-12-22-19(25)17-14-6-7-21(3,31-14)18(17)20(22)26/h6-7,13-14,17-18H,4-5,8-12H2,1-3H3. The fourth-order valence-electron chi connectivity index (χ4n) is 4.00. The third-order valence-electron chi connectivity index (χ3n) is 5.62. The average Bonchev–Trinajstić information content (AvgIpc) is 3.37. The molecule has 0 N–H and O–H groups in total. The van der Waals surface area contributed by atoms with E-state index in [4.69, 9.17) is 23.7 Å². The van der Waals surface area contributed by atoms with E-state index in [0.717, 1.165) is 4.90 Å². The number of imide groups is 1. The van der Waals surface area contributed by atoms with Crippen LogP contribution in [0.25, 0.3) is 0 Å². The van der Waals surface area contributed by atoms with Gasteiger partial charge in [-0.3, -0.25) is 24.1 Å². The molecular weight excluding hydrogens is 410 g/mol. The lowest BCUT2D eigenvalue weighted by molar-refractivity contribution is -0.163. The summed E-state index contributed by atoms with van der Waals surface area (Å²) in [5.41, 5.74) is -0.730. The molecular formula is C21H29NO9. The van der Waals surface area contributed by atoms with Gasteiger partial charge in [0.15, 0.2) is 6.10 Å². The van der Waals surface area contributed by atoms with E-state index >= 15 is 0 Å². The summed E-state index contributed by atoms with van der Waals surface area (Å²) < 4.78 is 26.9. The smallest absolute Gasteiger partial charge is 0.305 e. The predicted octanol–water partition coefficient (Wildman–Crippen LogP) is 0.581. The Balaban J connectivity index is 1.37. The predicted molar refractivity (Wildman–Crippen MR) is 104 cm³/mol. The van der Waals surface area contributed by atoms with Crippen LogP contribution in [0, 0.1) is 11.8 Å². The normalized spacial score (nSPS) is 29.4. The van der Waals surface area contributed by atoms with Crippen LogP contribution in [0.5, 0.6) is 0 Å². The molecule has 10 heteroatoms. The largest absolute Gasteiger partial charge is 0.462 e. The highest BCUT2D eigenvalue weighted by molar-refractivity contribution is 6.07. The van der Waals surface area contributed by atoms with Crippen molar-refractivity contribution in [3.8, 4) is 0 Å². The summed E-state index contributed by atoms with van der Waals surface area (Å²) in [6.45, 7) is 5.21. The third kappa shape index (κ3) is 4.97. The van der Waals surface area contributed by atoms with E-state index in [1.165, 1.54) is 0 Å². The van der Waals surface area contributed by atoms with Crippen LogP contribution < -0.4 is 0 Å². The fourth-order valence-corrected chi connectivity index (χ4v) is 4.00. The maximum absolute atomic E-state index is 12.7. The maximum Gasteiger partial charge on any atom is 0.305 e. The van der Waals surface area contributed by atoms with Gasteiger partial charge in [-0.05, 0) is 6.92 Å². The van der Waals surface area contributed by atoms with Gasteiger partial charge in [0.25, 0.3) is 0 Å². The Morgan fingerprint density at radius 2 is 1.81 bits per heavy atom. The number of ether oxygens (including phenoxy) is 5. The van der Waals surface area contributed by atoms with Crippen molar-refractivity contribution in [2.75, 3.05) is 33.2 Å². The van der Waals surface area contributed by atoms with E-state index in [0.29, 0.717) is 0 Å². The minimum Gasteiger partial charge on any atom is -0.462 e. The van der Waals surface area contributed by atoms with Crippen LogP contribution in [-0.4, -0.2) is 79.6 Å². The number of carbonyl (C=O) groups is 4. The van der Waals surface area contributed by atoms with Crippen molar-refractivity contribution < 1.29 is 42.9 Å². The lowest BCUT2D eigenvalue weighted by Crippen LogP contribution is -2.39. The van der Waals surface area contributed by atoms with E-state index < -0.39 is 35.5 Å². The van der Waals surface area contributed by atoms with Crippen LogP contribution in [0.15, 0.2) is 12.2 Å². The maximum atomic E-state index is 12.7. The SMILES string of the molecule is CCC(=O)OCC(COCCOCN1C(=O)C2C3C=CC(C)(O3)C2C1=O)OC(=O)CC. The monoisotopic (exact) mass is 439 g/mol. The Hall–Kier alpha value is -2.30. The van der Waals surface area contributed by atoms with Crippen LogP contribution in [0.2, 0.25) is 0 Å². The Kier molecular flexibility index (Phi) is 7.45. The first-order valence-electron chi connectivity index (χ1n) is 10.5. The number of hydrogen-bond acceptors (Lipinski definition) is 9. The molecule has 2 fully saturated rings. The molecule has 3 heterocycles. The molecule has 2 bridgehead atoms. The Labute approximate surface area is 180 Å². The van der Waals surface area contributed by atoms with Crippen LogP contribution in [0.3, 0.4) is 0 Å². The summed E-state index contributed by atoms with van der Waals surface area (Å²) in [7, 11) is 0. The second-order valence-electron chi connectivity index (χ2n) is 7.85. The van der Waals surface area contributed by atoms with Gasteiger partial charge in [0.05, 0.1) is 43.4 Å². The first-order valence-corrected chi connectivity index (χ1v) is 10.5. The summed E-state index contributed by atoms with van der Waals surface area (Å²) in [6, 6.07) is 0. The summed E-state index contributed by atoms with van der Waals surface area (Å²) in [4.78, 5) is 49.2. The molecule has 31 heavy (non-hydrogen) atoms. The van der Waals surface area contributed by atoms with Gasteiger partial charge in [-0.25, -0.2) is 0 Å². The molecule has 0 aromatic heterocycles. The van der Waals surface area contributed by atoms with Gasteiger partial charge in [-0.2, -0.15) is 0 Å². The number of likely N-dealkylation sites (tertiary alicyclic amines) is 1. The lowest BCUT2D eigenvalue weighted by atomic mass is 9.78. The van der Waals surface area contributed by atoms with E-state index in [2.05, 4.69) is 0 Å². The van der Waals surface area contributed by atoms with Gasteiger partial charge in [0.1, 0.15) is 13.3 Å². The van der Waals surface area contributed by atoms with Gasteiger partial charge >= 0.3 is 11.9 Å². The van der Waals surface area contributed by atoms with Gasteiger partial charge in [-0.1, -0.05) is 26.0 Å². The first kappa shape index (κ1) is 23.4. The van der Waals surface area contributed by atoms with Crippen molar-refractivity contribution in [3.63, 3.8) is 0 Å². The number of nitrogens with zero attached hydrogens (tertiary/aromatic N) is 1. The highest BCUT2D eigenvalue weighted by atomic mass is 16.6. The van der Waals surface area contributed by atoms with Crippen molar-refractivity contribution in [2.24, 2.45) is 11.8 Å². The second kappa shape index (κ2) is 9.88. The molecule has 5 unspecified atom stereocenters. The molecule has 0 radical (unpaired) electrons. The average molecular weight is 439 g/mol. The van der Waals surface area contributed by atoms with Crippen molar-refractivity contribution in [2.45, 2.75) is 51.4 Å². The molecule has 0 saturated carbocycles. The molecule has 5 atom stereocenters. The number of carbonyl (C=O) groups excluding carboxylic acids is 4. The molecule has 0 spiro atoms. The first-order chi connectivity index (χ1) is 14.8. The highest BCUT2D eigenvalue weighted by Gasteiger charge is 2.65. The molecule has 3 rings (SSSR count). The van der Waals surface area contributed by atoms with Gasteiger partial charge in [0.2, 0.25) is 11.8 Å². The third-order valence-corrected chi connectivity index (χ3v) is 5.62. The Morgan fingerprint density at radius 3 is 2.48 bits per heavy atom. The number of hydrogen-bond donors (Lipinski definition) is 0. The summed E-state index contributed by atoms with van der Waals surface area (Å²) in [5.74, 6) is -2.37. The Bertz CT molecular complexity index is 751. The fraction of sp³-hybridized carbons (Fsp3) is 0.714. The van der Waals surface area contributed by atoms with Crippen LogP contribution in [0.1, 0.15) is 33.6 Å². The molecule has 2 saturated heterocycles. The van der Waals surface area contributed by atoms with E-state index in [1.807, 2.05) is 19.1 Å². The van der Waals surface area contributed by atoms with Gasteiger partial charge < -0.3 is 23.7 Å². The minimum absolute atomic E-state index is 0.0286. The number of amides is 2. The molecule has 0 aromatic rings.